The molecule has 0 spiro atoms. The van der Waals surface area contributed by atoms with Gasteiger partial charge in [-0.25, -0.2) is 9.37 Å². The summed E-state index contributed by atoms with van der Waals surface area (Å²) in [6.45, 7) is 4.74. The molecule has 0 amide bonds. The van der Waals surface area contributed by atoms with Crippen LogP contribution in [0, 0.1) is 12.7 Å². The van der Waals surface area contributed by atoms with Crippen LogP contribution in [0.5, 0.6) is 0 Å². The summed E-state index contributed by atoms with van der Waals surface area (Å²) >= 11 is 7.63. The van der Waals surface area contributed by atoms with Crippen LogP contribution < -0.4 is 4.90 Å². The molecular weight excluding hydrogens is 309 g/mol. The van der Waals surface area contributed by atoms with Crippen LogP contribution in [0.4, 0.5) is 15.9 Å². The van der Waals surface area contributed by atoms with Crippen molar-refractivity contribution in [3.63, 3.8) is 0 Å². The second-order valence-electron chi connectivity index (χ2n) is 4.61. The summed E-state index contributed by atoms with van der Waals surface area (Å²) in [7, 11) is 0. The maximum atomic E-state index is 13.1. The lowest BCUT2D eigenvalue weighted by molar-refractivity contribution is 0.628. The number of aromatic nitrogens is 2. The average Bonchev–Trinajstić information content (AvgIpc) is 2.81. The standard InChI is InChI=1S/C15H13ClFN3S/c1-3-20(11-6-4-10(17)5-7-11)13-12-8-9(2)21-14(12)19-15(16)18-13/h4-8H,3H2,1-2H3. The van der Waals surface area contributed by atoms with Gasteiger partial charge >= 0.3 is 0 Å². The van der Waals surface area contributed by atoms with Gasteiger partial charge in [0.1, 0.15) is 16.5 Å². The number of halogens is 2. The Hall–Kier alpha value is -1.72. The highest BCUT2D eigenvalue weighted by Gasteiger charge is 2.16. The first-order valence-corrected chi connectivity index (χ1v) is 7.74. The van der Waals surface area contributed by atoms with Crippen molar-refractivity contribution in [3.05, 3.63) is 46.3 Å². The fraction of sp³-hybridized carbons (Fsp3) is 0.200. The van der Waals surface area contributed by atoms with E-state index in [2.05, 4.69) is 16.0 Å². The first-order chi connectivity index (χ1) is 10.1. The number of anilines is 2. The molecule has 0 aliphatic rings. The molecule has 0 N–H and O–H groups in total. The molecule has 1 aromatic carbocycles. The molecule has 3 rings (SSSR count). The van der Waals surface area contributed by atoms with Gasteiger partial charge in [-0.2, -0.15) is 4.98 Å². The van der Waals surface area contributed by atoms with Gasteiger partial charge in [-0.15, -0.1) is 11.3 Å². The number of thiophene rings is 1. The Labute approximate surface area is 131 Å². The normalized spacial score (nSPS) is 11.0. The number of fused-ring (bicyclic) bond motifs is 1. The molecule has 3 nitrogen and oxygen atoms in total. The second kappa shape index (κ2) is 5.58. The fourth-order valence-electron chi connectivity index (χ4n) is 2.28. The summed E-state index contributed by atoms with van der Waals surface area (Å²) in [5.74, 6) is 0.496. The number of hydrogen-bond acceptors (Lipinski definition) is 4. The van der Waals surface area contributed by atoms with E-state index in [-0.39, 0.29) is 11.1 Å². The number of rotatable bonds is 3. The van der Waals surface area contributed by atoms with E-state index in [1.54, 1.807) is 23.5 Å². The summed E-state index contributed by atoms with van der Waals surface area (Å²) in [5.41, 5.74) is 0.874. The van der Waals surface area contributed by atoms with E-state index in [0.717, 1.165) is 26.6 Å². The van der Waals surface area contributed by atoms with Crippen molar-refractivity contribution < 1.29 is 4.39 Å². The van der Waals surface area contributed by atoms with Gasteiger partial charge in [-0.05, 0) is 55.8 Å². The van der Waals surface area contributed by atoms with Crippen molar-refractivity contribution in [1.82, 2.24) is 9.97 Å². The van der Waals surface area contributed by atoms with Crippen LogP contribution >= 0.6 is 22.9 Å². The third-order valence-electron chi connectivity index (χ3n) is 3.18. The van der Waals surface area contributed by atoms with Gasteiger partial charge < -0.3 is 4.90 Å². The van der Waals surface area contributed by atoms with Crippen LogP contribution in [-0.4, -0.2) is 16.5 Å². The summed E-state index contributed by atoms with van der Waals surface area (Å²) in [4.78, 5) is 12.7. The van der Waals surface area contributed by atoms with Crippen molar-refractivity contribution in [2.45, 2.75) is 13.8 Å². The topological polar surface area (TPSA) is 29.0 Å². The highest BCUT2D eigenvalue weighted by molar-refractivity contribution is 7.18. The first-order valence-electron chi connectivity index (χ1n) is 6.55. The molecule has 0 aliphatic heterocycles. The summed E-state index contributed by atoms with van der Waals surface area (Å²) in [6.07, 6.45) is 0. The van der Waals surface area contributed by atoms with Crippen molar-refractivity contribution in [2.75, 3.05) is 11.4 Å². The lowest BCUT2D eigenvalue weighted by Gasteiger charge is -2.22. The number of nitrogens with zero attached hydrogens (tertiary/aromatic N) is 3. The molecule has 2 heterocycles. The van der Waals surface area contributed by atoms with Crippen LogP contribution in [0.2, 0.25) is 5.28 Å². The zero-order valence-electron chi connectivity index (χ0n) is 11.6. The van der Waals surface area contributed by atoms with Crippen LogP contribution in [0.3, 0.4) is 0 Å². The third-order valence-corrected chi connectivity index (χ3v) is 4.29. The van der Waals surface area contributed by atoms with Crippen molar-refractivity contribution in [2.24, 2.45) is 0 Å². The average molecular weight is 322 g/mol. The Morgan fingerprint density at radius 3 is 2.62 bits per heavy atom. The van der Waals surface area contributed by atoms with Gasteiger partial charge in [-0.1, -0.05) is 0 Å². The van der Waals surface area contributed by atoms with E-state index in [0.29, 0.717) is 6.54 Å². The zero-order chi connectivity index (χ0) is 15.0. The zero-order valence-corrected chi connectivity index (χ0v) is 13.2. The Morgan fingerprint density at radius 1 is 1.24 bits per heavy atom. The van der Waals surface area contributed by atoms with Crippen LogP contribution in [-0.2, 0) is 0 Å². The van der Waals surface area contributed by atoms with Gasteiger partial charge in [0.05, 0.1) is 5.39 Å². The number of benzene rings is 1. The van der Waals surface area contributed by atoms with Crippen molar-refractivity contribution in [1.29, 1.82) is 0 Å². The van der Waals surface area contributed by atoms with Crippen LogP contribution in [0.15, 0.2) is 30.3 Å². The van der Waals surface area contributed by atoms with Crippen molar-refractivity contribution in [3.8, 4) is 0 Å². The van der Waals surface area contributed by atoms with Gasteiger partial charge in [0, 0.05) is 17.1 Å². The molecule has 0 saturated heterocycles. The first kappa shape index (κ1) is 14.2. The van der Waals surface area contributed by atoms with E-state index in [1.165, 1.54) is 12.1 Å². The quantitative estimate of drug-likeness (QED) is 0.639. The SMILES string of the molecule is CCN(c1ccc(F)cc1)c1nc(Cl)nc2sc(C)cc12. The minimum Gasteiger partial charge on any atom is -0.326 e. The van der Waals surface area contributed by atoms with E-state index in [9.17, 15) is 4.39 Å². The van der Waals surface area contributed by atoms with E-state index >= 15 is 0 Å². The van der Waals surface area contributed by atoms with Gasteiger partial charge in [0.15, 0.2) is 0 Å². The van der Waals surface area contributed by atoms with Gasteiger partial charge in [-0.3, -0.25) is 0 Å². The predicted octanol–water partition coefficient (Wildman–Crippen LogP) is 4.95. The summed E-state index contributed by atoms with van der Waals surface area (Å²) < 4.78 is 13.1. The molecular formula is C15H13ClFN3S. The van der Waals surface area contributed by atoms with Crippen molar-refractivity contribution >= 4 is 44.7 Å². The highest BCUT2D eigenvalue weighted by Crippen LogP contribution is 2.34. The number of hydrogen-bond donors (Lipinski definition) is 0. The molecule has 0 aliphatic carbocycles. The molecule has 3 aromatic rings. The van der Waals surface area contributed by atoms with Gasteiger partial charge in [0.2, 0.25) is 5.28 Å². The molecule has 2 aromatic heterocycles. The largest absolute Gasteiger partial charge is 0.326 e. The molecule has 108 valence electrons. The van der Waals surface area contributed by atoms with Crippen LogP contribution in [0.25, 0.3) is 10.2 Å². The maximum Gasteiger partial charge on any atom is 0.225 e. The molecule has 0 radical (unpaired) electrons. The number of aryl methyl sites for hydroxylation is 1. The monoisotopic (exact) mass is 321 g/mol. The summed E-state index contributed by atoms with van der Waals surface area (Å²) in [6, 6.07) is 8.41. The molecule has 0 saturated carbocycles. The Kier molecular flexibility index (Phi) is 3.78. The van der Waals surface area contributed by atoms with E-state index in [1.807, 2.05) is 18.7 Å². The minimum atomic E-state index is -0.257. The van der Waals surface area contributed by atoms with E-state index in [4.69, 9.17) is 11.6 Å². The maximum absolute atomic E-state index is 13.1. The molecule has 0 fully saturated rings. The lowest BCUT2D eigenvalue weighted by Crippen LogP contribution is -2.17. The molecule has 21 heavy (non-hydrogen) atoms. The second-order valence-corrected chi connectivity index (χ2v) is 6.19. The molecule has 0 unspecified atom stereocenters. The van der Waals surface area contributed by atoms with Crippen LogP contribution in [0.1, 0.15) is 11.8 Å². The molecule has 0 atom stereocenters. The minimum absolute atomic E-state index is 0.222. The fourth-order valence-corrected chi connectivity index (χ4v) is 3.37. The summed E-state index contributed by atoms with van der Waals surface area (Å²) in [5, 5.41) is 1.19. The Morgan fingerprint density at radius 2 is 1.95 bits per heavy atom. The lowest BCUT2D eigenvalue weighted by atomic mass is 10.2. The Bertz CT molecular complexity index is 785. The third kappa shape index (κ3) is 2.71. The Balaban J connectivity index is 2.18. The van der Waals surface area contributed by atoms with Gasteiger partial charge in [0.25, 0.3) is 0 Å². The predicted molar refractivity (Wildman–Crippen MR) is 86.2 cm³/mol. The van der Waals surface area contributed by atoms with E-state index < -0.39 is 0 Å². The smallest absolute Gasteiger partial charge is 0.225 e. The molecule has 0 bridgehead atoms. The highest BCUT2D eigenvalue weighted by atomic mass is 35.5. The molecule has 6 heteroatoms.